The molecule has 4 amide bonds. The first-order valence-electron chi connectivity index (χ1n) is 11.1. The summed E-state index contributed by atoms with van der Waals surface area (Å²) in [6.45, 7) is 0.435. The van der Waals surface area contributed by atoms with Gasteiger partial charge in [-0.15, -0.1) is 0 Å². The van der Waals surface area contributed by atoms with E-state index in [1.165, 1.54) is 13.2 Å². The van der Waals surface area contributed by atoms with Crippen molar-refractivity contribution in [3.05, 3.63) is 101 Å². The van der Waals surface area contributed by atoms with Crippen molar-refractivity contribution in [3.8, 4) is 11.8 Å². The minimum atomic E-state index is -0.817. The van der Waals surface area contributed by atoms with Gasteiger partial charge in [0, 0.05) is 29.2 Å². The lowest BCUT2D eigenvalue weighted by Gasteiger charge is -2.26. The first-order valence-corrected chi connectivity index (χ1v) is 11.1. The van der Waals surface area contributed by atoms with E-state index in [0.717, 1.165) is 21.4 Å². The molecule has 176 valence electrons. The van der Waals surface area contributed by atoms with Crippen LogP contribution in [0.5, 0.6) is 5.75 Å². The number of amides is 4. The molecule has 3 aromatic carbocycles. The number of barbiturate groups is 1. The Balaban J connectivity index is 1.56. The van der Waals surface area contributed by atoms with Gasteiger partial charge in [-0.05, 0) is 48.0 Å². The highest BCUT2D eigenvalue weighted by molar-refractivity contribution is 6.39. The fourth-order valence-electron chi connectivity index (χ4n) is 4.25. The lowest BCUT2D eigenvalue weighted by molar-refractivity contribution is -0.122. The summed E-state index contributed by atoms with van der Waals surface area (Å²) >= 11 is 0. The summed E-state index contributed by atoms with van der Waals surface area (Å²) in [5.74, 6) is -0.914. The average Bonchev–Trinajstić information content (AvgIpc) is 3.24. The van der Waals surface area contributed by atoms with Gasteiger partial charge < -0.3 is 9.30 Å². The van der Waals surface area contributed by atoms with Crippen LogP contribution in [-0.4, -0.2) is 29.5 Å². The number of para-hydroxylation sites is 1. The Bertz CT molecular complexity index is 1590. The summed E-state index contributed by atoms with van der Waals surface area (Å²) in [7, 11) is 1.52. The fourth-order valence-corrected chi connectivity index (χ4v) is 4.25. The number of carbonyl (C=O) groups excluding carboxylic acids is 3. The number of nitrogens with one attached hydrogen (secondary N) is 1. The highest BCUT2D eigenvalue weighted by Crippen LogP contribution is 2.28. The molecule has 1 fully saturated rings. The van der Waals surface area contributed by atoms with Crippen molar-refractivity contribution in [2.45, 2.75) is 6.54 Å². The number of urea groups is 1. The molecule has 8 heteroatoms. The number of nitrogens with zero attached hydrogens (tertiary/aromatic N) is 3. The lowest BCUT2D eigenvalue weighted by Crippen LogP contribution is -2.54. The molecule has 0 radical (unpaired) electrons. The summed E-state index contributed by atoms with van der Waals surface area (Å²) in [6.07, 6.45) is 3.33. The van der Waals surface area contributed by atoms with E-state index < -0.39 is 17.8 Å². The standard InChI is InChI=1S/C28H20N4O4/c1-36-22-12-10-21(11-13-22)32-27(34)24(26(33)30-28(32)35)14-20-17-31(25-9-5-4-8-23(20)25)16-19-7-3-2-6-18(19)15-29/h2-14,17H,16H2,1H3,(H,30,33,35)/b24-14-. The number of rotatable bonds is 5. The number of hydrogen-bond donors (Lipinski definition) is 1. The number of fused-ring (bicyclic) bond motifs is 1. The second-order valence-electron chi connectivity index (χ2n) is 8.15. The summed E-state index contributed by atoms with van der Waals surface area (Å²) in [5, 5.41) is 12.5. The van der Waals surface area contributed by atoms with Crippen LogP contribution in [0.1, 0.15) is 16.7 Å². The van der Waals surface area contributed by atoms with Crippen LogP contribution in [0.3, 0.4) is 0 Å². The molecular weight excluding hydrogens is 456 g/mol. The predicted octanol–water partition coefficient (Wildman–Crippen LogP) is 4.24. The van der Waals surface area contributed by atoms with Gasteiger partial charge in [0.2, 0.25) is 0 Å². The van der Waals surface area contributed by atoms with E-state index in [9.17, 15) is 19.6 Å². The van der Waals surface area contributed by atoms with Crippen LogP contribution in [0.15, 0.2) is 84.6 Å². The SMILES string of the molecule is COc1ccc(N2C(=O)NC(=O)/C(=C/c3cn(Cc4ccccc4C#N)c4ccccc34)C2=O)cc1. The van der Waals surface area contributed by atoms with Gasteiger partial charge >= 0.3 is 6.03 Å². The van der Waals surface area contributed by atoms with Gasteiger partial charge in [-0.25, -0.2) is 9.69 Å². The third-order valence-corrected chi connectivity index (χ3v) is 6.03. The molecule has 2 heterocycles. The molecule has 1 saturated heterocycles. The smallest absolute Gasteiger partial charge is 0.335 e. The molecule has 8 nitrogen and oxygen atoms in total. The molecule has 0 aliphatic carbocycles. The van der Waals surface area contributed by atoms with E-state index in [2.05, 4.69) is 11.4 Å². The van der Waals surface area contributed by atoms with E-state index in [1.807, 2.05) is 53.2 Å². The maximum absolute atomic E-state index is 13.3. The van der Waals surface area contributed by atoms with Gasteiger partial charge in [0.05, 0.1) is 24.4 Å². The molecule has 0 unspecified atom stereocenters. The highest BCUT2D eigenvalue weighted by Gasteiger charge is 2.37. The molecule has 0 spiro atoms. The van der Waals surface area contributed by atoms with Crippen molar-refractivity contribution >= 4 is 40.5 Å². The minimum Gasteiger partial charge on any atom is -0.497 e. The molecule has 1 aromatic heterocycles. The van der Waals surface area contributed by atoms with Crippen molar-refractivity contribution in [3.63, 3.8) is 0 Å². The number of nitriles is 1. The Morgan fingerprint density at radius 3 is 2.44 bits per heavy atom. The molecule has 0 saturated carbocycles. The number of aromatic nitrogens is 1. The summed E-state index contributed by atoms with van der Waals surface area (Å²) in [6, 6.07) is 22.7. The van der Waals surface area contributed by atoms with E-state index in [0.29, 0.717) is 29.1 Å². The summed E-state index contributed by atoms with van der Waals surface area (Å²) in [5.41, 5.74) is 3.10. The van der Waals surface area contributed by atoms with Crippen molar-refractivity contribution in [2.75, 3.05) is 12.0 Å². The van der Waals surface area contributed by atoms with Crippen molar-refractivity contribution in [1.82, 2.24) is 9.88 Å². The van der Waals surface area contributed by atoms with E-state index in [1.54, 1.807) is 30.3 Å². The van der Waals surface area contributed by atoms with Crippen LogP contribution >= 0.6 is 0 Å². The number of methoxy groups -OCH3 is 1. The second-order valence-corrected chi connectivity index (χ2v) is 8.15. The molecule has 1 aliphatic heterocycles. The van der Waals surface area contributed by atoms with Crippen molar-refractivity contribution in [2.24, 2.45) is 0 Å². The molecule has 36 heavy (non-hydrogen) atoms. The Morgan fingerprint density at radius 2 is 1.69 bits per heavy atom. The zero-order chi connectivity index (χ0) is 25.2. The van der Waals surface area contributed by atoms with Gasteiger partial charge in [-0.2, -0.15) is 5.26 Å². The van der Waals surface area contributed by atoms with Gasteiger partial charge in [-0.3, -0.25) is 14.9 Å². The molecule has 1 N–H and O–H groups in total. The molecular formula is C28H20N4O4. The number of anilines is 1. The molecule has 5 rings (SSSR count). The van der Waals surface area contributed by atoms with Gasteiger partial charge in [0.1, 0.15) is 11.3 Å². The Morgan fingerprint density at radius 1 is 0.972 bits per heavy atom. The highest BCUT2D eigenvalue weighted by atomic mass is 16.5. The van der Waals surface area contributed by atoms with Gasteiger partial charge in [0.15, 0.2) is 0 Å². The molecule has 1 aliphatic rings. The maximum atomic E-state index is 13.3. The lowest BCUT2D eigenvalue weighted by atomic mass is 10.1. The van der Waals surface area contributed by atoms with Gasteiger partial charge in [0.25, 0.3) is 11.8 Å². The molecule has 0 atom stereocenters. The van der Waals surface area contributed by atoms with Crippen LogP contribution in [-0.2, 0) is 16.1 Å². The van der Waals surface area contributed by atoms with Crippen LogP contribution < -0.4 is 15.0 Å². The van der Waals surface area contributed by atoms with E-state index in [4.69, 9.17) is 4.74 Å². The van der Waals surface area contributed by atoms with E-state index >= 15 is 0 Å². The fraction of sp³-hybridized carbons (Fsp3) is 0.0714. The molecule has 0 bridgehead atoms. The number of benzene rings is 3. The number of imide groups is 2. The number of hydrogen-bond acceptors (Lipinski definition) is 5. The largest absolute Gasteiger partial charge is 0.497 e. The maximum Gasteiger partial charge on any atom is 0.335 e. The quantitative estimate of drug-likeness (QED) is 0.343. The normalized spacial score (nSPS) is 14.7. The van der Waals surface area contributed by atoms with Crippen LogP contribution in [0.25, 0.3) is 17.0 Å². The molecule has 4 aromatic rings. The van der Waals surface area contributed by atoms with Gasteiger partial charge in [-0.1, -0.05) is 36.4 Å². The zero-order valence-electron chi connectivity index (χ0n) is 19.3. The van der Waals surface area contributed by atoms with Crippen molar-refractivity contribution < 1.29 is 19.1 Å². The van der Waals surface area contributed by atoms with E-state index in [-0.39, 0.29) is 5.57 Å². The average molecular weight is 476 g/mol. The Hall–Kier alpha value is -5.16. The summed E-state index contributed by atoms with van der Waals surface area (Å²) < 4.78 is 7.11. The second kappa shape index (κ2) is 9.24. The Labute approximate surface area is 206 Å². The monoisotopic (exact) mass is 476 g/mol. The van der Waals surface area contributed by atoms with Crippen LogP contribution in [0, 0.1) is 11.3 Å². The first kappa shape index (κ1) is 22.6. The number of ether oxygens (including phenoxy) is 1. The Kier molecular flexibility index (Phi) is 5.80. The third-order valence-electron chi connectivity index (χ3n) is 6.03. The first-order chi connectivity index (χ1) is 17.5. The minimum absolute atomic E-state index is 0.161. The van der Waals surface area contributed by atoms with Crippen LogP contribution in [0.2, 0.25) is 0 Å². The zero-order valence-corrected chi connectivity index (χ0v) is 19.3. The predicted molar refractivity (Wildman–Crippen MR) is 134 cm³/mol. The summed E-state index contributed by atoms with van der Waals surface area (Å²) in [4.78, 5) is 39.5. The van der Waals surface area contributed by atoms with Crippen LogP contribution in [0.4, 0.5) is 10.5 Å². The van der Waals surface area contributed by atoms with Crippen molar-refractivity contribution in [1.29, 1.82) is 5.26 Å². The third kappa shape index (κ3) is 3.99. The number of carbonyl (C=O) groups is 3. The topological polar surface area (TPSA) is 104 Å².